The largest absolute Gasteiger partial charge is 0.479 e. The molecule has 0 aliphatic carbocycles. The van der Waals surface area contributed by atoms with Crippen LogP contribution in [-0.4, -0.2) is 43.2 Å². The van der Waals surface area contributed by atoms with Crippen LogP contribution in [0.4, 0.5) is 5.82 Å². The maximum absolute atomic E-state index is 9.22. The first-order chi connectivity index (χ1) is 14.2. The Balaban J connectivity index is 1.67. The van der Waals surface area contributed by atoms with E-state index in [1.807, 2.05) is 22.8 Å². The highest BCUT2D eigenvalue weighted by atomic mass is 16.5. The molecule has 0 bridgehead atoms. The van der Waals surface area contributed by atoms with E-state index < -0.39 is 0 Å². The van der Waals surface area contributed by atoms with Crippen molar-refractivity contribution >= 4 is 11.3 Å². The third-order valence-corrected chi connectivity index (χ3v) is 5.26. The Labute approximate surface area is 166 Å². The number of aromatic nitrogens is 6. The Kier molecular flexibility index (Phi) is 3.91. The van der Waals surface area contributed by atoms with Gasteiger partial charge >= 0.3 is 0 Å². The number of nitrogens with one attached hydrogen (secondary N) is 1. The van der Waals surface area contributed by atoms with Crippen molar-refractivity contribution in [1.82, 2.24) is 29.5 Å². The van der Waals surface area contributed by atoms with E-state index in [9.17, 15) is 5.26 Å². The normalized spacial score (nSPS) is 15.9. The van der Waals surface area contributed by atoms with E-state index in [1.165, 1.54) is 7.11 Å². The van der Waals surface area contributed by atoms with Gasteiger partial charge in [0.2, 0.25) is 5.69 Å². The van der Waals surface area contributed by atoms with Gasteiger partial charge in [-0.2, -0.15) is 15.3 Å². The predicted molar refractivity (Wildman–Crippen MR) is 105 cm³/mol. The molecule has 1 atom stereocenters. The molecule has 9 heteroatoms. The van der Waals surface area contributed by atoms with Crippen LogP contribution < -0.4 is 9.64 Å². The zero-order chi connectivity index (χ0) is 20.0. The minimum atomic E-state index is -0.226. The number of H-pyrrole nitrogens is 1. The van der Waals surface area contributed by atoms with Gasteiger partial charge in [0.15, 0.2) is 5.82 Å². The van der Waals surface area contributed by atoms with E-state index in [0.717, 1.165) is 34.6 Å². The Morgan fingerprint density at radius 3 is 3.03 bits per heavy atom. The summed E-state index contributed by atoms with van der Waals surface area (Å²) in [4.78, 5) is 18.7. The van der Waals surface area contributed by atoms with Gasteiger partial charge in [-0.3, -0.25) is 0 Å². The number of hydrogen-bond acceptors (Lipinski definition) is 7. The number of fused-ring (bicyclic) bond motifs is 2. The van der Waals surface area contributed by atoms with Crippen LogP contribution >= 0.6 is 0 Å². The molecule has 1 aliphatic heterocycles. The number of methoxy groups -OCH3 is 1. The van der Waals surface area contributed by atoms with E-state index in [1.54, 1.807) is 12.5 Å². The molecule has 0 fully saturated rings. The highest BCUT2D eigenvalue weighted by Crippen LogP contribution is 2.36. The Morgan fingerprint density at radius 2 is 2.24 bits per heavy atom. The minimum Gasteiger partial charge on any atom is -0.479 e. The molecule has 0 unspecified atom stereocenters. The van der Waals surface area contributed by atoms with Gasteiger partial charge < -0.3 is 14.6 Å². The van der Waals surface area contributed by atoms with Gasteiger partial charge in [0.25, 0.3) is 5.88 Å². The number of anilines is 1. The Hall–Kier alpha value is -3.93. The molecular weight excluding hydrogens is 368 g/mol. The summed E-state index contributed by atoms with van der Waals surface area (Å²) >= 11 is 0. The van der Waals surface area contributed by atoms with Crippen LogP contribution in [0, 0.1) is 18.3 Å². The summed E-state index contributed by atoms with van der Waals surface area (Å²) in [6, 6.07) is 7.91. The number of aryl methyl sites for hydroxylation is 1. The van der Waals surface area contributed by atoms with Crippen molar-refractivity contribution < 1.29 is 4.74 Å². The molecule has 4 aromatic heterocycles. The van der Waals surface area contributed by atoms with Crippen LogP contribution in [0.5, 0.6) is 5.88 Å². The summed E-state index contributed by atoms with van der Waals surface area (Å²) < 4.78 is 7.15. The number of imidazole rings is 1. The van der Waals surface area contributed by atoms with Crippen LogP contribution in [0.1, 0.15) is 34.4 Å². The number of nitriles is 1. The van der Waals surface area contributed by atoms with Crippen molar-refractivity contribution in [1.29, 1.82) is 5.26 Å². The summed E-state index contributed by atoms with van der Waals surface area (Å²) in [7, 11) is 1.49. The molecule has 0 saturated carbocycles. The molecule has 144 valence electrons. The lowest BCUT2D eigenvalue weighted by Gasteiger charge is -2.34. The maximum atomic E-state index is 9.22. The van der Waals surface area contributed by atoms with Crippen molar-refractivity contribution in [3.05, 3.63) is 65.3 Å². The molecule has 0 radical (unpaired) electrons. The molecule has 1 N–H and O–H groups in total. The van der Waals surface area contributed by atoms with Crippen molar-refractivity contribution in [3.63, 3.8) is 0 Å². The van der Waals surface area contributed by atoms with E-state index in [2.05, 4.69) is 43.9 Å². The number of ether oxygens (including phenoxy) is 1. The van der Waals surface area contributed by atoms with Crippen LogP contribution in [0.25, 0.3) is 5.52 Å². The topological polar surface area (TPSA) is 108 Å². The highest BCUT2D eigenvalue weighted by Gasteiger charge is 2.34. The van der Waals surface area contributed by atoms with Crippen molar-refractivity contribution in [3.8, 4) is 11.9 Å². The second kappa shape index (κ2) is 6.60. The second-order valence-electron chi connectivity index (χ2n) is 6.90. The Bertz CT molecular complexity index is 1250. The molecular formula is C20H18N8O. The SMILES string of the molecule is COc1nc(N2CCc3[nH]cnc3[C@H]2c2cc3c(C)cccn3n2)cnc1C#N. The molecule has 4 aromatic rings. The molecule has 9 nitrogen and oxygen atoms in total. The van der Waals surface area contributed by atoms with Crippen molar-refractivity contribution in [2.45, 2.75) is 19.4 Å². The van der Waals surface area contributed by atoms with E-state index in [0.29, 0.717) is 12.4 Å². The molecule has 0 amide bonds. The van der Waals surface area contributed by atoms with Gasteiger partial charge in [-0.1, -0.05) is 6.07 Å². The van der Waals surface area contributed by atoms with Crippen LogP contribution in [0.2, 0.25) is 0 Å². The quantitative estimate of drug-likeness (QED) is 0.575. The maximum Gasteiger partial charge on any atom is 0.252 e. The third-order valence-electron chi connectivity index (χ3n) is 5.26. The monoisotopic (exact) mass is 386 g/mol. The fourth-order valence-electron chi connectivity index (χ4n) is 3.85. The van der Waals surface area contributed by atoms with E-state index in [4.69, 9.17) is 9.84 Å². The third kappa shape index (κ3) is 2.69. The molecule has 29 heavy (non-hydrogen) atoms. The molecule has 5 heterocycles. The first-order valence-electron chi connectivity index (χ1n) is 9.24. The standard InChI is InChI=1S/C20H18N8O/c1-12-4-3-6-28-16(12)8-14(26-28)19-18-13(23-11-24-18)5-7-27(19)17-10-22-15(9-21)20(25-17)29-2/h3-4,6,8,10-11,19H,5,7H2,1-2H3,(H,23,24)/t19-/m1/s1. The van der Waals surface area contributed by atoms with Gasteiger partial charge in [0.1, 0.15) is 12.1 Å². The van der Waals surface area contributed by atoms with Crippen LogP contribution in [-0.2, 0) is 6.42 Å². The summed E-state index contributed by atoms with van der Waals surface area (Å²) in [5.41, 5.74) is 5.24. The number of nitrogens with zero attached hydrogens (tertiary/aromatic N) is 7. The van der Waals surface area contributed by atoms with Crippen LogP contribution in [0.15, 0.2) is 36.9 Å². The first-order valence-corrected chi connectivity index (χ1v) is 9.24. The smallest absolute Gasteiger partial charge is 0.252 e. The Morgan fingerprint density at radius 1 is 1.34 bits per heavy atom. The predicted octanol–water partition coefficient (Wildman–Crippen LogP) is 2.19. The lowest BCUT2D eigenvalue weighted by Crippen LogP contribution is -2.37. The fraction of sp³-hybridized carbons (Fsp3) is 0.250. The molecule has 0 aromatic carbocycles. The van der Waals surface area contributed by atoms with Crippen molar-refractivity contribution in [2.75, 3.05) is 18.6 Å². The summed E-state index contributed by atoms with van der Waals surface area (Å²) in [5, 5.41) is 14.0. The lowest BCUT2D eigenvalue weighted by atomic mass is 9.99. The van der Waals surface area contributed by atoms with Gasteiger partial charge in [-0.05, 0) is 24.6 Å². The summed E-state index contributed by atoms with van der Waals surface area (Å²) in [5.74, 6) is 0.829. The molecule has 5 rings (SSSR count). The van der Waals surface area contributed by atoms with Crippen molar-refractivity contribution in [2.24, 2.45) is 0 Å². The highest BCUT2D eigenvalue weighted by molar-refractivity contribution is 5.58. The number of rotatable bonds is 3. The minimum absolute atomic E-state index is 0.161. The number of pyridine rings is 1. The van der Waals surface area contributed by atoms with E-state index in [-0.39, 0.29) is 17.6 Å². The average molecular weight is 386 g/mol. The molecule has 1 aliphatic rings. The second-order valence-corrected chi connectivity index (χ2v) is 6.90. The van der Waals surface area contributed by atoms with Crippen LogP contribution in [0.3, 0.4) is 0 Å². The summed E-state index contributed by atoms with van der Waals surface area (Å²) in [6.07, 6.45) is 6.05. The zero-order valence-corrected chi connectivity index (χ0v) is 16.0. The van der Waals surface area contributed by atoms with Gasteiger partial charge in [-0.25, -0.2) is 14.5 Å². The number of aromatic amines is 1. The first kappa shape index (κ1) is 17.2. The number of hydrogen-bond donors (Lipinski definition) is 1. The van der Waals surface area contributed by atoms with Gasteiger partial charge in [-0.15, -0.1) is 0 Å². The zero-order valence-electron chi connectivity index (χ0n) is 16.0. The molecule has 0 saturated heterocycles. The lowest BCUT2D eigenvalue weighted by molar-refractivity contribution is 0.393. The fourth-order valence-corrected chi connectivity index (χ4v) is 3.85. The van der Waals surface area contributed by atoms with Gasteiger partial charge in [0.05, 0.1) is 36.5 Å². The molecule has 0 spiro atoms. The summed E-state index contributed by atoms with van der Waals surface area (Å²) in [6.45, 7) is 2.77. The van der Waals surface area contributed by atoms with Gasteiger partial charge in [0, 0.05) is 24.9 Å². The van der Waals surface area contributed by atoms with E-state index >= 15 is 0 Å². The average Bonchev–Trinajstić information content (AvgIpc) is 3.40.